The number of nitrogens with zero attached hydrogens (tertiary/aromatic N) is 3. The molecule has 1 aromatic rings. The minimum Gasteiger partial charge on any atom is -0.250 e. The molecule has 1 aromatic heterocycles. The van der Waals surface area contributed by atoms with Gasteiger partial charge in [0.1, 0.15) is 12.2 Å². The molecule has 2 heterocycles. The average molecular weight is 137 g/mol. The summed E-state index contributed by atoms with van der Waals surface area (Å²) in [6, 6.07) is 0. The van der Waals surface area contributed by atoms with Gasteiger partial charge in [-0.05, 0) is 12.3 Å². The van der Waals surface area contributed by atoms with Crippen molar-refractivity contribution in [3.05, 3.63) is 12.2 Å². The number of aryl methyl sites for hydroxylation is 1. The highest BCUT2D eigenvalue weighted by Crippen LogP contribution is 2.15. The van der Waals surface area contributed by atoms with Crippen LogP contribution in [0.25, 0.3) is 0 Å². The Labute approximate surface area is 60.1 Å². The molecule has 0 fully saturated rings. The SMILES string of the molecule is CC1CCc2ncnn2C1. The molecule has 2 rings (SSSR count). The van der Waals surface area contributed by atoms with Gasteiger partial charge in [-0.1, -0.05) is 6.92 Å². The maximum Gasteiger partial charge on any atom is 0.138 e. The van der Waals surface area contributed by atoms with Crippen LogP contribution in [0.1, 0.15) is 19.2 Å². The van der Waals surface area contributed by atoms with Crippen molar-refractivity contribution in [2.24, 2.45) is 5.92 Å². The van der Waals surface area contributed by atoms with Gasteiger partial charge in [0.15, 0.2) is 0 Å². The first-order chi connectivity index (χ1) is 4.86. The topological polar surface area (TPSA) is 30.7 Å². The van der Waals surface area contributed by atoms with Crippen molar-refractivity contribution in [3.8, 4) is 0 Å². The number of hydrogen-bond donors (Lipinski definition) is 0. The van der Waals surface area contributed by atoms with Gasteiger partial charge in [-0.15, -0.1) is 0 Å². The van der Waals surface area contributed by atoms with Gasteiger partial charge in [0.05, 0.1) is 0 Å². The van der Waals surface area contributed by atoms with E-state index in [0.717, 1.165) is 24.7 Å². The largest absolute Gasteiger partial charge is 0.250 e. The van der Waals surface area contributed by atoms with E-state index in [9.17, 15) is 0 Å². The fourth-order valence-electron chi connectivity index (χ4n) is 1.40. The normalized spacial score (nSPS) is 24.3. The van der Waals surface area contributed by atoms with Crippen molar-refractivity contribution in [1.29, 1.82) is 0 Å². The predicted octanol–water partition coefficient (Wildman–Crippen LogP) is 0.860. The van der Waals surface area contributed by atoms with E-state index in [1.807, 2.05) is 4.68 Å². The lowest BCUT2D eigenvalue weighted by Gasteiger charge is -2.17. The molecule has 0 N–H and O–H groups in total. The van der Waals surface area contributed by atoms with Gasteiger partial charge in [-0.3, -0.25) is 0 Å². The first-order valence-electron chi connectivity index (χ1n) is 3.73. The highest BCUT2D eigenvalue weighted by Gasteiger charge is 2.14. The molecule has 1 aliphatic heterocycles. The molecule has 0 aromatic carbocycles. The van der Waals surface area contributed by atoms with Crippen LogP contribution < -0.4 is 0 Å². The summed E-state index contributed by atoms with van der Waals surface area (Å²) in [6.45, 7) is 3.31. The molecular weight excluding hydrogens is 126 g/mol. The summed E-state index contributed by atoms with van der Waals surface area (Å²) in [6.07, 6.45) is 4.01. The molecule has 1 unspecified atom stereocenters. The van der Waals surface area contributed by atoms with Crippen LogP contribution in [-0.2, 0) is 13.0 Å². The Balaban J connectivity index is 2.30. The first kappa shape index (κ1) is 5.89. The molecular formula is C7H11N3. The minimum atomic E-state index is 0.772. The standard InChI is InChI=1S/C7H11N3/c1-6-2-3-7-8-5-9-10(7)4-6/h5-6H,2-4H2,1H3. The van der Waals surface area contributed by atoms with E-state index < -0.39 is 0 Å². The number of aromatic nitrogens is 3. The molecule has 0 spiro atoms. The summed E-state index contributed by atoms with van der Waals surface area (Å²) >= 11 is 0. The molecule has 54 valence electrons. The second kappa shape index (κ2) is 2.08. The van der Waals surface area contributed by atoms with Crippen LogP contribution in [0.3, 0.4) is 0 Å². The van der Waals surface area contributed by atoms with Crippen LogP contribution in [0.15, 0.2) is 6.33 Å². The maximum absolute atomic E-state index is 4.14. The molecule has 3 heteroatoms. The lowest BCUT2D eigenvalue weighted by Crippen LogP contribution is -2.18. The third-order valence-corrected chi connectivity index (χ3v) is 2.04. The van der Waals surface area contributed by atoms with Gasteiger partial charge in [-0.2, -0.15) is 5.10 Å². The molecule has 0 saturated carbocycles. The van der Waals surface area contributed by atoms with Gasteiger partial charge >= 0.3 is 0 Å². The monoisotopic (exact) mass is 137 g/mol. The van der Waals surface area contributed by atoms with Gasteiger partial charge in [-0.25, -0.2) is 9.67 Å². The van der Waals surface area contributed by atoms with E-state index in [-0.39, 0.29) is 0 Å². The second-order valence-electron chi connectivity index (χ2n) is 3.00. The van der Waals surface area contributed by atoms with E-state index in [4.69, 9.17) is 0 Å². The Kier molecular flexibility index (Phi) is 1.22. The molecule has 10 heavy (non-hydrogen) atoms. The van der Waals surface area contributed by atoms with Gasteiger partial charge in [0.2, 0.25) is 0 Å². The molecule has 0 amide bonds. The summed E-state index contributed by atoms with van der Waals surface area (Å²) in [7, 11) is 0. The van der Waals surface area contributed by atoms with Crippen LogP contribution in [0.5, 0.6) is 0 Å². The van der Waals surface area contributed by atoms with Crippen LogP contribution in [0.4, 0.5) is 0 Å². The van der Waals surface area contributed by atoms with E-state index in [2.05, 4.69) is 17.0 Å². The van der Waals surface area contributed by atoms with Crippen molar-refractivity contribution < 1.29 is 0 Å². The first-order valence-corrected chi connectivity index (χ1v) is 3.73. The quantitative estimate of drug-likeness (QED) is 0.531. The number of fused-ring (bicyclic) bond motifs is 1. The summed E-state index contributed by atoms with van der Waals surface area (Å²) in [4.78, 5) is 4.14. The Morgan fingerprint density at radius 3 is 3.50 bits per heavy atom. The molecule has 3 nitrogen and oxygen atoms in total. The molecule has 0 bridgehead atoms. The second-order valence-corrected chi connectivity index (χ2v) is 3.00. The van der Waals surface area contributed by atoms with Crippen molar-refractivity contribution in [2.45, 2.75) is 26.3 Å². The van der Waals surface area contributed by atoms with E-state index in [0.29, 0.717) is 0 Å². The minimum absolute atomic E-state index is 0.772. The third-order valence-electron chi connectivity index (χ3n) is 2.04. The third kappa shape index (κ3) is 0.818. The fraction of sp³-hybridized carbons (Fsp3) is 0.714. The van der Waals surface area contributed by atoms with Crippen molar-refractivity contribution >= 4 is 0 Å². The summed E-state index contributed by atoms with van der Waals surface area (Å²) in [5.41, 5.74) is 0. The lowest BCUT2D eigenvalue weighted by atomic mass is 10.0. The van der Waals surface area contributed by atoms with E-state index in [1.165, 1.54) is 6.42 Å². The molecule has 1 atom stereocenters. The Morgan fingerprint density at radius 1 is 1.70 bits per heavy atom. The Morgan fingerprint density at radius 2 is 2.60 bits per heavy atom. The van der Waals surface area contributed by atoms with Crippen molar-refractivity contribution in [1.82, 2.24) is 14.8 Å². The van der Waals surface area contributed by atoms with Crippen molar-refractivity contribution in [2.75, 3.05) is 0 Å². The maximum atomic E-state index is 4.14. The van der Waals surface area contributed by atoms with Crippen molar-refractivity contribution in [3.63, 3.8) is 0 Å². The zero-order valence-electron chi connectivity index (χ0n) is 6.12. The van der Waals surface area contributed by atoms with Crippen LogP contribution >= 0.6 is 0 Å². The number of rotatable bonds is 0. The highest BCUT2D eigenvalue weighted by atomic mass is 15.3. The number of hydrogen-bond acceptors (Lipinski definition) is 2. The highest BCUT2D eigenvalue weighted by molar-refractivity contribution is 4.88. The summed E-state index contributed by atoms with van der Waals surface area (Å²) in [5, 5.41) is 4.11. The Hall–Kier alpha value is -0.860. The Bertz CT molecular complexity index is 229. The molecule has 1 aliphatic rings. The lowest BCUT2D eigenvalue weighted by molar-refractivity contribution is 0.368. The molecule has 0 saturated heterocycles. The van der Waals surface area contributed by atoms with E-state index in [1.54, 1.807) is 6.33 Å². The summed E-state index contributed by atoms with van der Waals surface area (Å²) < 4.78 is 2.01. The molecule has 0 aliphatic carbocycles. The predicted molar refractivity (Wildman–Crippen MR) is 37.5 cm³/mol. The average Bonchev–Trinajstić information content (AvgIpc) is 2.33. The zero-order valence-corrected chi connectivity index (χ0v) is 6.12. The summed E-state index contributed by atoms with van der Waals surface area (Å²) in [5.74, 6) is 1.92. The van der Waals surface area contributed by atoms with Crippen LogP contribution in [0.2, 0.25) is 0 Å². The van der Waals surface area contributed by atoms with Gasteiger partial charge < -0.3 is 0 Å². The van der Waals surface area contributed by atoms with Crippen LogP contribution in [0, 0.1) is 5.92 Å². The molecule has 0 radical (unpaired) electrons. The fourth-order valence-corrected chi connectivity index (χ4v) is 1.40. The van der Waals surface area contributed by atoms with Gasteiger partial charge in [0.25, 0.3) is 0 Å². The van der Waals surface area contributed by atoms with E-state index >= 15 is 0 Å². The van der Waals surface area contributed by atoms with Crippen LogP contribution in [-0.4, -0.2) is 14.8 Å². The van der Waals surface area contributed by atoms with Gasteiger partial charge in [0, 0.05) is 13.0 Å². The zero-order chi connectivity index (χ0) is 6.97. The smallest absolute Gasteiger partial charge is 0.138 e.